The Labute approximate surface area is 204 Å². The Balaban J connectivity index is 1.47. The Kier molecular flexibility index (Phi) is 5.07. The summed E-state index contributed by atoms with van der Waals surface area (Å²) in [5, 5.41) is 3.69. The van der Waals surface area contributed by atoms with E-state index < -0.39 is 26.9 Å². The minimum absolute atomic E-state index is 0.00945. The number of anilines is 1. The first-order valence-corrected chi connectivity index (χ1v) is 12.6. The van der Waals surface area contributed by atoms with Gasteiger partial charge in [0.1, 0.15) is 23.8 Å². The molecule has 0 radical (unpaired) electrons. The summed E-state index contributed by atoms with van der Waals surface area (Å²) in [6.45, 7) is 0. The predicted molar refractivity (Wildman–Crippen MR) is 130 cm³/mol. The quantitative estimate of drug-likeness (QED) is 0.371. The van der Waals surface area contributed by atoms with Crippen molar-refractivity contribution in [1.29, 1.82) is 0 Å². The molecule has 0 aliphatic heterocycles. The summed E-state index contributed by atoms with van der Waals surface area (Å²) in [6, 6.07) is 10.3. The highest BCUT2D eigenvalue weighted by Crippen LogP contribution is 2.31. The van der Waals surface area contributed by atoms with Crippen LogP contribution in [0.2, 0.25) is 0 Å². The van der Waals surface area contributed by atoms with Crippen molar-refractivity contribution in [1.82, 2.24) is 29.3 Å². The van der Waals surface area contributed by atoms with Crippen LogP contribution in [-0.4, -0.2) is 43.0 Å². The molecule has 6 rings (SSSR count). The van der Waals surface area contributed by atoms with E-state index in [1.165, 1.54) is 12.1 Å². The molecule has 9 nitrogen and oxygen atoms in total. The highest BCUT2D eigenvalue weighted by atomic mass is 32.2. The number of fused-ring (bicyclic) bond motifs is 1. The molecular formula is C24H19F2N7O2S. The summed E-state index contributed by atoms with van der Waals surface area (Å²) in [6.07, 6.45) is 6.30. The molecule has 0 unspecified atom stereocenters. The zero-order chi connectivity index (χ0) is 25.0. The van der Waals surface area contributed by atoms with Crippen molar-refractivity contribution < 1.29 is 17.2 Å². The molecule has 5 aromatic rings. The van der Waals surface area contributed by atoms with Gasteiger partial charge in [-0.1, -0.05) is 6.07 Å². The van der Waals surface area contributed by atoms with Gasteiger partial charge in [-0.3, -0.25) is 14.0 Å². The third kappa shape index (κ3) is 4.09. The smallest absolute Gasteiger partial charge is 0.239 e. The number of sulfonamides is 1. The lowest BCUT2D eigenvalue weighted by atomic mass is 10.1. The lowest BCUT2D eigenvalue weighted by Crippen LogP contribution is -2.19. The summed E-state index contributed by atoms with van der Waals surface area (Å²) >= 11 is 0. The Morgan fingerprint density at radius 3 is 2.58 bits per heavy atom. The maximum absolute atomic E-state index is 14.6. The standard InChI is InChI=1S/C24H19F2N7O2S/c1-32-12-15(11-28-32)14-2-7-22-21(8-14)27-13-33(22)23-10-20(18-6-3-16(25)9-19(18)26)29-24(30-23)31-36(34,35)17-4-5-17/h2-3,6-13,17H,4-5H2,1H3,(H,29,30,31). The summed E-state index contributed by atoms with van der Waals surface area (Å²) in [7, 11) is -1.84. The highest BCUT2D eigenvalue weighted by molar-refractivity contribution is 7.93. The average molecular weight is 508 g/mol. The normalized spacial score (nSPS) is 13.9. The molecule has 36 heavy (non-hydrogen) atoms. The highest BCUT2D eigenvalue weighted by Gasteiger charge is 2.36. The van der Waals surface area contributed by atoms with Crippen LogP contribution in [0.4, 0.5) is 14.7 Å². The van der Waals surface area contributed by atoms with Crippen LogP contribution in [0.5, 0.6) is 0 Å². The van der Waals surface area contributed by atoms with Gasteiger partial charge in [-0.2, -0.15) is 10.1 Å². The molecule has 1 N–H and O–H groups in total. The number of aryl methyl sites for hydroxylation is 1. The molecule has 0 spiro atoms. The molecule has 182 valence electrons. The first kappa shape index (κ1) is 22.3. The molecule has 1 aliphatic carbocycles. The fourth-order valence-corrected chi connectivity index (χ4v) is 5.24. The monoisotopic (exact) mass is 507 g/mol. The number of benzene rings is 2. The molecule has 12 heteroatoms. The molecule has 2 aromatic carbocycles. The Morgan fingerprint density at radius 1 is 1.03 bits per heavy atom. The number of nitrogens with zero attached hydrogens (tertiary/aromatic N) is 6. The Hall–Kier alpha value is -4.19. The number of hydrogen-bond donors (Lipinski definition) is 1. The Bertz CT molecular complexity index is 1740. The number of rotatable bonds is 6. The van der Waals surface area contributed by atoms with Gasteiger partial charge in [0, 0.05) is 36.5 Å². The van der Waals surface area contributed by atoms with Crippen molar-refractivity contribution in [2.24, 2.45) is 7.05 Å². The maximum atomic E-state index is 14.6. The molecule has 0 bridgehead atoms. The summed E-state index contributed by atoms with van der Waals surface area (Å²) in [5.41, 5.74) is 3.33. The largest absolute Gasteiger partial charge is 0.283 e. The van der Waals surface area contributed by atoms with E-state index in [0.29, 0.717) is 23.9 Å². The Morgan fingerprint density at radius 2 is 1.86 bits per heavy atom. The number of aromatic nitrogens is 6. The predicted octanol–water partition coefficient (Wildman–Crippen LogP) is 4.07. The minimum Gasteiger partial charge on any atom is -0.283 e. The van der Waals surface area contributed by atoms with Crippen molar-refractivity contribution >= 4 is 27.0 Å². The van der Waals surface area contributed by atoms with E-state index in [2.05, 4.69) is 24.8 Å². The first-order valence-electron chi connectivity index (χ1n) is 11.1. The van der Waals surface area contributed by atoms with Crippen LogP contribution in [0.3, 0.4) is 0 Å². The lowest BCUT2D eigenvalue weighted by Gasteiger charge is -2.12. The maximum Gasteiger partial charge on any atom is 0.239 e. The van der Waals surface area contributed by atoms with Gasteiger partial charge in [0.15, 0.2) is 0 Å². The van der Waals surface area contributed by atoms with Gasteiger partial charge >= 0.3 is 0 Å². The zero-order valence-corrected chi connectivity index (χ0v) is 19.7. The van der Waals surface area contributed by atoms with Crippen LogP contribution in [-0.2, 0) is 17.1 Å². The second kappa shape index (κ2) is 8.19. The second-order valence-electron chi connectivity index (χ2n) is 8.63. The van der Waals surface area contributed by atoms with E-state index in [1.807, 2.05) is 31.4 Å². The van der Waals surface area contributed by atoms with Crippen LogP contribution in [0.1, 0.15) is 12.8 Å². The van der Waals surface area contributed by atoms with Crippen molar-refractivity contribution in [3.63, 3.8) is 0 Å². The SMILES string of the molecule is Cn1cc(-c2ccc3c(c2)ncn3-c2cc(-c3ccc(F)cc3F)nc(NS(=O)(=O)C3CC3)n2)cn1. The van der Waals surface area contributed by atoms with Gasteiger partial charge in [-0.05, 0) is 42.7 Å². The van der Waals surface area contributed by atoms with Crippen molar-refractivity contribution in [3.05, 3.63) is 72.8 Å². The van der Waals surface area contributed by atoms with Crippen LogP contribution >= 0.6 is 0 Å². The van der Waals surface area contributed by atoms with Gasteiger partial charge in [-0.25, -0.2) is 27.2 Å². The molecule has 1 saturated carbocycles. The van der Waals surface area contributed by atoms with Crippen LogP contribution in [0.25, 0.3) is 39.2 Å². The molecule has 0 saturated heterocycles. The molecular weight excluding hydrogens is 488 g/mol. The lowest BCUT2D eigenvalue weighted by molar-refractivity contribution is 0.585. The number of nitrogens with one attached hydrogen (secondary N) is 1. The average Bonchev–Trinajstić information content (AvgIpc) is 3.49. The second-order valence-corrected chi connectivity index (χ2v) is 10.6. The van der Waals surface area contributed by atoms with Gasteiger partial charge in [-0.15, -0.1) is 0 Å². The van der Waals surface area contributed by atoms with Crippen LogP contribution < -0.4 is 4.72 Å². The molecule has 3 aromatic heterocycles. The fraction of sp³-hybridized carbons (Fsp3) is 0.167. The topological polar surface area (TPSA) is 108 Å². The third-order valence-electron chi connectivity index (χ3n) is 5.95. The minimum atomic E-state index is -3.68. The molecule has 3 heterocycles. The molecule has 0 amide bonds. The van der Waals surface area contributed by atoms with Crippen molar-refractivity contribution in [3.8, 4) is 28.2 Å². The summed E-state index contributed by atoms with van der Waals surface area (Å²) in [5.74, 6) is -1.49. The summed E-state index contributed by atoms with van der Waals surface area (Å²) < 4.78 is 59.0. The van der Waals surface area contributed by atoms with Gasteiger partial charge in [0.2, 0.25) is 16.0 Å². The van der Waals surface area contributed by atoms with E-state index in [9.17, 15) is 17.2 Å². The van der Waals surface area contributed by atoms with Crippen LogP contribution in [0.15, 0.2) is 61.2 Å². The third-order valence-corrected chi connectivity index (χ3v) is 7.76. The van der Waals surface area contributed by atoms with Gasteiger partial charge in [0.05, 0.1) is 28.2 Å². The van der Waals surface area contributed by atoms with Gasteiger partial charge < -0.3 is 0 Å². The van der Waals surface area contributed by atoms with Crippen molar-refractivity contribution in [2.75, 3.05) is 4.72 Å². The molecule has 0 atom stereocenters. The number of halogens is 2. The van der Waals surface area contributed by atoms with E-state index in [4.69, 9.17) is 0 Å². The van der Waals surface area contributed by atoms with Gasteiger partial charge in [0.25, 0.3) is 0 Å². The van der Waals surface area contributed by atoms with E-state index in [-0.39, 0.29) is 23.0 Å². The van der Waals surface area contributed by atoms with E-state index in [1.54, 1.807) is 21.8 Å². The number of imidazole rings is 1. The van der Waals surface area contributed by atoms with E-state index in [0.717, 1.165) is 23.3 Å². The zero-order valence-electron chi connectivity index (χ0n) is 18.9. The molecule has 1 aliphatic rings. The van der Waals surface area contributed by atoms with Crippen LogP contribution in [0, 0.1) is 11.6 Å². The van der Waals surface area contributed by atoms with E-state index >= 15 is 0 Å². The fourth-order valence-electron chi connectivity index (χ4n) is 3.97. The first-order chi connectivity index (χ1) is 17.3. The summed E-state index contributed by atoms with van der Waals surface area (Å²) in [4.78, 5) is 13.1. The molecule has 1 fully saturated rings. The number of hydrogen-bond acceptors (Lipinski definition) is 6. The van der Waals surface area contributed by atoms with Crippen molar-refractivity contribution in [2.45, 2.75) is 18.1 Å².